The molecule has 0 amide bonds. The van der Waals surface area contributed by atoms with Crippen molar-refractivity contribution in [1.29, 1.82) is 0 Å². The molecule has 143 valence electrons. The first kappa shape index (κ1) is 22.5. The predicted octanol–water partition coefficient (Wildman–Crippen LogP) is 5.33. The Balaban J connectivity index is 0.000000570. The number of rotatable bonds is 1. The summed E-state index contributed by atoms with van der Waals surface area (Å²) in [6, 6.07) is 0. The minimum atomic E-state index is 0. The molecule has 0 aromatic carbocycles. The van der Waals surface area contributed by atoms with Crippen LogP contribution in [0.5, 0.6) is 0 Å². The van der Waals surface area contributed by atoms with Gasteiger partial charge in [-0.2, -0.15) is 19.8 Å². The molecule has 3 fully saturated rings. The third kappa shape index (κ3) is 3.47. The van der Waals surface area contributed by atoms with Crippen molar-refractivity contribution >= 4 is 12.1 Å². The van der Waals surface area contributed by atoms with Crippen molar-refractivity contribution in [3.63, 3.8) is 0 Å². The number of hydrogen-bond donors (Lipinski definition) is 0. The molecule has 0 saturated heterocycles. The van der Waals surface area contributed by atoms with E-state index in [1.165, 1.54) is 45.3 Å². The molecule has 3 heteroatoms. The SMILES string of the molecule is C[C-]=O.C[CH-][C@H]1CCC2C3C(=O)C[C@@H]4CC=CC[C@]4(C)C3CC[C@@]21C.[Y]. The third-order valence-electron chi connectivity index (χ3n) is 8.49. The molecular formula is C23H34O2Y-2. The van der Waals surface area contributed by atoms with Crippen LogP contribution in [0.15, 0.2) is 12.2 Å². The van der Waals surface area contributed by atoms with E-state index in [4.69, 9.17) is 4.79 Å². The molecule has 4 rings (SSSR count). The maximum atomic E-state index is 13.1. The minimum absolute atomic E-state index is 0. The maximum absolute atomic E-state index is 13.1. The van der Waals surface area contributed by atoms with Gasteiger partial charge in [-0.1, -0.05) is 44.3 Å². The van der Waals surface area contributed by atoms with Crippen LogP contribution >= 0.6 is 0 Å². The molecular weight excluding hydrogens is 397 g/mol. The average Bonchev–Trinajstić information content (AvgIpc) is 2.92. The summed E-state index contributed by atoms with van der Waals surface area (Å²) in [5.74, 6) is 3.65. The summed E-state index contributed by atoms with van der Waals surface area (Å²) in [7, 11) is 0. The van der Waals surface area contributed by atoms with Crippen LogP contribution in [-0.4, -0.2) is 12.1 Å². The van der Waals surface area contributed by atoms with E-state index in [1.54, 1.807) is 0 Å². The van der Waals surface area contributed by atoms with Gasteiger partial charge in [0.25, 0.3) is 0 Å². The van der Waals surface area contributed by atoms with E-state index < -0.39 is 0 Å². The Morgan fingerprint density at radius 2 is 1.77 bits per heavy atom. The molecule has 4 aliphatic carbocycles. The van der Waals surface area contributed by atoms with Gasteiger partial charge in [0.15, 0.2) is 0 Å². The largest absolute Gasteiger partial charge is 0.542 e. The fourth-order valence-corrected chi connectivity index (χ4v) is 7.10. The van der Waals surface area contributed by atoms with Gasteiger partial charge in [0.05, 0.1) is 0 Å². The fourth-order valence-electron chi connectivity index (χ4n) is 7.10. The zero-order valence-corrected chi connectivity index (χ0v) is 19.8. The van der Waals surface area contributed by atoms with Crippen molar-refractivity contribution in [3.8, 4) is 0 Å². The van der Waals surface area contributed by atoms with Gasteiger partial charge in [0.1, 0.15) is 5.78 Å². The first-order chi connectivity index (χ1) is 11.9. The van der Waals surface area contributed by atoms with E-state index in [0.29, 0.717) is 40.3 Å². The summed E-state index contributed by atoms with van der Waals surface area (Å²) in [5.41, 5.74) is 0.794. The predicted molar refractivity (Wildman–Crippen MR) is 101 cm³/mol. The molecule has 26 heavy (non-hydrogen) atoms. The molecule has 0 spiro atoms. The summed E-state index contributed by atoms with van der Waals surface area (Å²) < 4.78 is 0. The van der Waals surface area contributed by atoms with Gasteiger partial charge in [0.2, 0.25) is 0 Å². The zero-order valence-electron chi connectivity index (χ0n) is 17.0. The monoisotopic (exact) mass is 431 g/mol. The standard InChI is InChI=1S/C21H31O.C2H3O.Y/c1-4-14-8-9-16-19-17(10-12-21(14,16)3)20(2)11-6-5-7-15(20)13-18(19)22;1-2-3;/h4-6,14-17,19H,7-13H2,1-3H3;1H3;/q2*-1;/t14-,15-,16?,17?,19?,20-,21+;;/m0../s1. The van der Waals surface area contributed by atoms with Crippen molar-refractivity contribution in [2.45, 2.75) is 72.6 Å². The van der Waals surface area contributed by atoms with E-state index in [0.717, 1.165) is 18.8 Å². The second kappa shape index (κ2) is 8.68. The van der Waals surface area contributed by atoms with Crippen LogP contribution < -0.4 is 0 Å². The summed E-state index contributed by atoms with van der Waals surface area (Å²) >= 11 is 0. The van der Waals surface area contributed by atoms with Crippen LogP contribution in [0.25, 0.3) is 0 Å². The minimum Gasteiger partial charge on any atom is -0.542 e. The van der Waals surface area contributed by atoms with E-state index in [9.17, 15) is 4.79 Å². The van der Waals surface area contributed by atoms with Gasteiger partial charge in [0, 0.05) is 45.0 Å². The second-order valence-electron chi connectivity index (χ2n) is 9.29. The van der Waals surface area contributed by atoms with E-state index in [2.05, 4.69) is 39.3 Å². The number of fused-ring (bicyclic) bond motifs is 5. The van der Waals surface area contributed by atoms with Crippen LogP contribution in [0.1, 0.15) is 72.6 Å². The maximum Gasteiger partial charge on any atom is 0.136 e. The van der Waals surface area contributed by atoms with Crippen LogP contribution in [-0.2, 0) is 42.3 Å². The number of ketones is 1. The fraction of sp³-hybridized carbons (Fsp3) is 0.783. The summed E-state index contributed by atoms with van der Waals surface area (Å²) in [6.45, 7) is 8.55. The molecule has 0 heterocycles. The summed E-state index contributed by atoms with van der Waals surface area (Å²) in [6.07, 6.45) is 17.1. The van der Waals surface area contributed by atoms with Crippen molar-refractivity contribution in [2.24, 2.45) is 40.4 Å². The van der Waals surface area contributed by atoms with Crippen molar-refractivity contribution < 1.29 is 42.3 Å². The number of carbonyl (C=O) groups is 1. The van der Waals surface area contributed by atoms with Crippen molar-refractivity contribution in [2.75, 3.05) is 0 Å². The first-order valence-corrected chi connectivity index (χ1v) is 10.2. The van der Waals surface area contributed by atoms with Gasteiger partial charge in [-0.3, -0.25) is 11.1 Å². The Hall–Kier alpha value is 0.184. The average molecular weight is 431 g/mol. The number of allylic oxidation sites excluding steroid dienone is 2. The zero-order chi connectivity index (χ0) is 18.2. The van der Waals surface area contributed by atoms with Crippen LogP contribution in [0.3, 0.4) is 0 Å². The van der Waals surface area contributed by atoms with Crippen molar-refractivity contribution in [1.82, 2.24) is 0 Å². The number of Topliss-reactive ketones (excluding diaryl/α,β-unsaturated/α-hetero) is 1. The molecule has 3 unspecified atom stereocenters. The molecule has 7 atom stereocenters. The molecule has 1 radical (unpaired) electrons. The van der Waals surface area contributed by atoms with Crippen LogP contribution in [0.2, 0.25) is 0 Å². The van der Waals surface area contributed by atoms with Gasteiger partial charge in [-0.15, -0.1) is 0 Å². The quantitative estimate of drug-likeness (QED) is 0.416. The van der Waals surface area contributed by atoms with Gasteiger partial charge in [-0.05, 0) is 48.9 Å². The molecule has 0 aromatic rings. The van der Waals surface area contributed by atoms with Crippen molar-refractivity contribution in [3.05, 3.63) is 18.6 Å². The Labute approximate surface area is 185 Å². The molecule has 0 aromatic heterocycles. The van der Waals surface area contributed by atoms with E-state index in [-0.39, 0.29) is 32.7 Å². The third-order valence-corrected chi connectivity index (χ3v) is 8.49. The Morgan fingerprint density at radius 3 is 2.42 bits per heavy atom. The van der Waals surface area contributed by atoms with Crippen LogP contribution in [0.4, 0.5) is 0 Å². The molecule has 0 aliphatic heterocycles. The Kier molecular flexibility index (Phi) is 7.51. The van der Waals surface area contributed by atoms with E-state index in [1.807, 2.05) is 0 Å². The van der Waals surface area contributed by atoms with Gasteiger partial charge in [-0.25, -0.2) is 0 Å². The first-order valence-electron chi connectivity index (χ1n) is 10.2. The molecule has 4 aliphatic rings. The van der Waals surface area contributed by atoms with E-state index >= 15 is 0 Å². The molecule has 3 saturated carbocycles. The number of hydrogen-bond acceptors (Lipinski definition) is 2. The second-order valence-corrected chi connectivity index (χ2v) is 9.29. The summed E-state index contributed by atoms with van der Waals surface area (Å²) in [4.78, 5) is 21.8. The van der Waals surface area contributed by atoms with Crippen LogP contribution in [0, 0.1) is 46.8 Å². The summed E-state index contributed by atoms with van der Waals surface area (Å²) in [5, 5.41) is 0. The topological polar surface area (TPSA) is 34.1 Å². The number of carbonyl (C=O) groups excluding carboxylic acids is 2. The molecule has 2 nitrogen and oxygen atoms in total. The molecule has 0 bridgehead atoms. The Morgan fingerprint density at radius 1 is 1.12 bits per heavy atom. The molecule has 0 N–H and O–H groups in total. The van der Waals surface area contributed by atoms with Gasteiger partial charge < -0.3 is 11.2 Å². The smallest absolute Gasteiger partial charge is 0.136 e. The van der Waals surface area contributed by atoms with Gasteiger partial charge >= 0.3 is 0 Å². The Bertz CT molecular complexity index is 556. The normalized spacial score (nSPS) is 46.0.